The number of aliphatic hydroxyl groups excluding tert-OH is 1. The van der Waals surface area contributed by atoms with Crippen LogP contribution in [0.2, 0.25) is 0 Å². The largest absolute Gasteiger partial charge is 0.393 e. The minimum Gasteiger partial charge on any atom is -0.393 e. The van der Waals surface area contributed by atoms with E-state index in [0.717, 1.165) is 13.0 Å². The molecule has 0 saturated heterocycles. The van der Waals surface area contributed by atoms with Gasteiger partial charge in [-0.2, -0.15) is 0 Å². The molecule has 0 spiro atoms. The van der Waals surface area contributed by atoms with Gasteiger partial charge in [0, 0.05) is 6.04 Å². The Kier molecular flexibility index (Phi) is 8.46. The van der Waals surface area contributed by atoms with Gasteiger partial charge in [-0.05, 0) is 32.7 Å². The van der Waals surface area contributed by atoms with Crippen molar-refractivity contribution in [3.8, 4) is 0 Å². The van der Waals surface area contributed by atoms with Gasteiger partial charge in [0.15, 0.2) is 0 Å². The fourth-order valence-corrected chi connectivity index (χ4v) is 1.54. The van der Waals surface area contributed by atoms with Crippen molar-refractivity contribution in [1.29, 1.82) is 0 Å². The van der Waals surface area contributed by atoms with Crippen molar-refractivity contribution < 1.29 is 5.11 Å². The molecule has 0 aromatic rings. The highest BCUT2D eigenvalue weighted by Gasteiger charge is 2.05. The van der Waals surface area contributed by atoms with Gasteiger partial charge >= 0.3 is 0 Å². The molecule has 0 heterocycles. The number of hydrogen-bond acceptors (Lipinski definition) is 2. The summed E-state index contributed by atoms with van der Waals surface area (Å²) < 4.78 is 0. The van der Waals surface area contributed by atoms with Gasteiger partial charge in [0.1, 0.15) is 0 Å². The molecule has 0 aliphatic heterocycles. The van der Waals surface area contributed by atoms with E-state index in [-0.39, 0.29) is 6.10 Å². The van der Waals surface area contributed by atoms with E-state index in [2.05, 4.69) is 19.2 Å². The summed E-state index contributed by atoms with van der Waals surface area (Å²) in [7, 11) is 0. The van der Waals surface area contributed by atoms with Crippen LogP contribution in [0.3, 0.4) is 0 Å². The summed E-state index contributed by atoms with van der Waals surface area (Å²) in [4.78, 5) is 0. The summed E-state index contributed by atoms with van der Waals surface area (Å²) >= 11 is 0. The second-order valence-electron chi connectivity index (χ2n) is 3.87. The SMILES string of the molecule is CCCC(CCC)NCCC(C)O. The van der Waals surface area contributed by atoms with Gasteiger partial charge in [-0.15, -0.1) is 0 Å². The van der Waals surface area contributed by atoms with E-state index in [1.807, 2.05) is 6.92 Å². The molecule has 0 saturated carbocycles. The third-order valence-electron chi connectivity index (χ3n) is 2.27. The molecule has 0 bridgehead atoms. The summed E-state index contributed by atoms with van der Waals surface area (Å²) in [5, 5.41) is 12.6. The van der Waals surface area contributed by atoms with Crippen LogP contribution < -0.4 is 5.32 Å². The lowest BCUT2D eigenvalue weighted by Gasteiger charge is -2.17. The van der Waals surface area contributed by atoms with E-state index in [9.17, 15) is 0 Å². The van der Waals surface area contributed by atoms with Crippen LogP contribution in [0.4, 0.5) is 0 Å². The van der Waals surface area contributed by atoms with Gasteiger partial charge in [-0.1, -0.05) is 26.7 Å². The third-order valence-corrected chi connectivity index (χ3v) is 2.27. The zero-order valence-corrected chi connectivity index (χ0v) is 9.34. The highest BCUT2D eigenvalue weighted by Crippen LogP contribution is 2.04. The quantitative estimate of drug-likeness (QED) is 0.611. The van der Waals surface area contributed by atoms with Gasteiger partial charge in [0.05, 0.1) is 6.10 Å². The van der Waals surface area contributed by atoms with Crippen molar-refractivity contribution in [1.82, 2.24) is 5.32 Å². The highest BCUT2D eigenvalue weighted by atomic mass is 16.3. The highest BCUT2D eigenvalue weighted by molar-refractivity contribution is 4.66. The topological polar surface area (TPSA) is 32.3 Å². The Morgan fingerprint density at radius 1 is 1.08 bits per heavy atom. The molecular formula is C11H25NO. The molecule has 1 atom stereocenters. The maximum absolute atomic E-state index is 9.09. The second kappa shape index (κ2) is 8.52. The van der Waals surface area contributed by atoms with E-state index in [0.29, 0.717) is 6.04 Å². The van der Waals surface area contributed by atoms with Crippen LogP contribution in [-0.2, 0) is 0 Å². The van der Waals surface area contributed by atoms with Crippen LogP contribution in [0.15, 0.2) is 0 Å². The number of rotatable bonds is 8. The number of nitrogens with one attached hydrogen (secondary N) is 1. The predicted octanol–water partition coefficient (Wildman–Crippen LogP) is 2.32. The van der Waals surface area contributed by atoms with Crippen LogP contribution in [0.5, 0.6) is 0 Å². The molecule has 0 aliphatic rings. The van der Waals surface area contributed by atoms with Crippen LogP contribution in [0, 0.1) is 0 Å². The Hall–Kier alpha value is -0.0800. The normalized spacial score (nSPS) is 13.6. The Labute approximate surface area is 82.7 Å². The minimum atomic E-state index is -0.170. The first-order valence-corrected chi connectivity index (χ1v) is 5.62. The van der Waals surface area contributed by atoms with Crippen molar-refractivity contribution in [2.45, 2.75) is 65.0 Å². The lowest BCUT2D eigenvalue weighted by Crippen LogP contribution is -2.31. The van der Waals surface area contributed by atoms with Crippen LogP contribution >= 0.6 is 0 Å². The average Bonchev–Trinajstić information content (AvgIpc) is 2.04. The molecule has 2 heteroatoms. The summed E-state index contributed by atoms with van der Waals surface area (Å²) in [6, 6.07) is 0.661. The van der Waals surface area contributed by atoms with Gasteiger partial charge in [-0.25, -0.2) is 0 Å². The fraction of sp³-hybridized carbons (Fsp3) is 1.00. The zero-order chi connectivity index (χ0) is 10.1. The fourth-order valence-electron chi connectivity index (χ4n) is 1.54. The summed E-state index contributed by atoms with van der Waals surface area (Å²) in [6.45, 7) is 7.23. The van der Waals surface area contributed by atoms with Gasteiger partial charge in [-0.3, -0.25) is 0 Å². The lowest BCUT2D eigenvalue weighted by molar-refractivity contribution is 0.181. The Balaban J connectivity index is 3.44. The van der Waals surface area contributed by atoms with Crippen LogP contribution in [-0.4, -0.2) is 23.8 Å². The van der Waals surface area contributed by atoms with Crippen molar-refractivity contribution in [3.05, 3.63) is 0 Å². The molecule has 80 valence electrons. The first kappa shape index (κ1) is 12.9. The molecule has 0 radical (unpaired) electrons. The molecule has 0 fully saturated rings. The zero-order valence-electron chi connectivity index (χ0n) is 9.34. The van der Waals surface area contributed by atoms with Crippen molar-refractivity contribution in [3.63, 3.8) is 0 Å². The molecule has 0 amide bonds. The molecular weight excluding hydrogens is 162 g/mol. The smallest absolute Gasteiger partial charge is 0.0524 e. The standard InChI is InChI=1S/C11H25NO/c1-4-6-11(7-5-2)12-9-8-10(3)13/h10-13H,4-9H2,1-3H3. The average molecular weight is 187 g/mol. The molecule has 0 aliphatic carbocycles. The molecule has 0 rings (SSSR count). The van der Waals surface area contributed by atoms with Crippen LogP contribution in [0.25, 0.3) is 0 Å². The van der Waals surface area contributed by atoms with E-state index in [1.54, 1.807) is 0 Å². The summed E-state index contributed by atoms with van der Waals surface area (Å²) in [6.07, 6.45) is 5.70. The first-order chi connectivity index (χ1) is 6.20. The van der Waals surface area contributed by atoms with Crippen molar-refractivity contribution in [2.24, 2.45) is 0 Å². The van der Waals surface area contributed by atoms with E-state index < -0.39 is 0 Å². The molecule has 13 heavy (non-hydrogen) atoms. The summed E-state index contributed by atoms with van der Waals surface area (Å²) in [5.41, 5.74) is 0. The van der Waals surface area contributed by atoms with E-state index in [4.69, 9.17) is 5.11 Å². The van der Waals surface area contributed by atoms with Crippen molar-refractivity contribution in [2.75, 3.05) is 6.54 Å². The van der Waals surface area contributed by atoms with E-state index >= 15 is 0 Å². The van der Waals surface area contributed by atoms with Gasteiger partial charge in [0.25, 0.3) is 0 Å². The summed E-state index contributed by atoms with van der Waals surface area (Å²) in [5.74, 6) is 0. The van der Waals surface area contributed by atoms with Crippen molar-refractivity contribution >= 4 is 0 Å². The maximum Gasteiger partial charge on any atom is 0.0524 e. The third kappa shape index (κ3) is 8.26. The first-order valence-electron chi connectivity index (χ1n) is 5.62. The number of hydrogen-bond donors (Lipinski definition) is 2. The maximum atomic E-state index is 9.09. The predicted molar refractivity (Wildman–Crippen MR) is 57.9 cm³/mol. The molecule has 0 aromatic carbocycles. The Morgan fingerprint density at radius 3 is 2.00 bits per heavy atom. The lowest BCUT2D eigenvalue weighted by atomic mass is 10.1. The second-order valence-corrected chi connectivity index (χ2v) is 3.87. The van der Waals surface area contributed by atoms with E-state index in [1.165, 1.54) is 25.7 Å². The monoisotopic (exact) mass is 187 g/mol. The molecule has 1 unspecified atom stereocenters. The number of aliphatic hydroxyl groups is 1. The Morgan fingerprint density at radius 2 is 1.62 bits per heavy atom. The van der Waals surface area contributed by atoms with Crippen LogP contribution in [0.1, 0.15) is 52.9 Å². The molecule has 2 N–H and O–H groups in total. The molecule has 2 nitrogen and oxygen atoms in total. The van der Waals surface area contributed by atoms with Gasteiger partial charge in [0.2, 0.25) is 0 Å². The minimum absolute atomic E-state index is 0.170. The van der Waals surface area contributed by atoms with Gasteiger partial charge < -0.3 is 10.4 Å². The molecule has 0 aromatic heterocycles. The Bertz CT molecular complexity index is 98.3.